The molecule has 0 saturated carbocycles. The zero-order valence-corrected chi connectivity index (χ0v) is 18.8. The fraction of sp³-hybridized carbons (Fsp3) is 0.522. The molecule has 0 spiro atoms. The predicted octanol–water partition coefficient (Wildman–Crippen LogP) is 3.98. The molecule has 2 fully saturated rings. The second-order valence-corrected chi connectivity index (χ2v) is 9.57. The Morgan fingerprint density at radius 2 is 2.03 bits per heavy atom. The standard InChI is InChI=1S/C23H30N4O2S/c1-15-7-9-26(10-8-15)13-19-14-30-23(24-19)25-22(29)18-11-21(28)27(12-18)20-6-4-5-16(2)17(20)3/h4-6,14-15,18H,7-13H2,1-3H3,(H,24,25,29). The summed E-state index contributed by atoms with van der Waals surface area (Å²) in [7, 11) is 0. The van der Waals surface area contributed by atoms with E-state index in [0.717, 1.165) is 48.1 Å². The number of aryl methyl sites for hydroxylation is 1. The molecule has 7 heteroatoms. The van der Waals surface area contributed by atoms with Crippen molar-refractivity contribution in [2.75, 3.05) is 29.9 Å². The van der Waals surface area contributed by atoms with Crippen molar-refractivity contribution >= 4 is 34.0 Å². The van der Waals surface area contributed by atoms with E-state index in [4.69, 9.17) is 0 Å². The number of anilines is 2. The molecule has 160 valence electrons. The van der Waals surface area contributed by atoms with Gasteiger partial charge >= 0.3 is 0 Å². The zero-order chi connectivity index (χ0) is 21.3. The molecule has 2 saturated heterocycles. The molecule has 2 amide bonds. The van der Waals surface area contributed by atoms with Crippen LogP contribution < -0.4 is 10.2 Å². The molecule has 2 aliphatic heterocycles. The third-order valence-corrected chi connectivity index (χ3v) is 7.21. The molecule has 2 aromatic rings. The van der Waals surface area contributed by atoms with E-state index < -0.39 is 0 Å². The van der Waals surface area contributed by atoms with Gasteiger partial charge in [-0.3, -0.25) is 14.5 Å². The van der Waals surface area contributed by atoms with E-state index in [9.17, 15) is 9.59 Å². The van der Waals surface area contributed by atoms with Crippen LogP contribution in [0, 0.1) is 25.7 Å². The first-order valence-corrected chi connectivity index (χ1v) is 11.6. The molecule has 1 unspecified atom stereocenters. The predicted molar refractivity (Wildman–Crippen MR) is 121 cm³/mol. The number of carbonyl (C=O) groups excluding carboxylic acids is 2. The van der Waals surface area contributed by atoms with Gasteiger partial charge in [0.25, 0.3) is 0 Å². The van der Waals surface area contributed by atoms with Crippen molar-refractivity contribution < 1.29 is 9.59 Å². The Labute approximate surface area is 182 Å². The van der Waals surface area contributed by atoms with Crippen LogP contribution in [0.1, 0.15) is 43.0 Å². The monoisotopic (exact) mass is 426 g/mol. The lowest BCUT2D eigenvalue weighted by Gasteiger charge is -2.29. The number of aromatic nitrogens is 1. The molecule has 6 nitrogen and oxygen atoms in total. The van der Waals surface area contributed by atoms with Gasteiger partial charge in [-0.15, -0.1) is 11.3 Å². The lowest BCUT2D eigenvalue weighted by molar-refractivity contribution is -0.122. The van der Waals surface area contributed by atoms with Gasteiger partial charge in [-0.2, -0.15) is 0 Å². The van der Waals surface area contributed by atoms with Gasteiger partial charge in [0.05, 0.1) is 11.6 Å². The lowest BCUT2D eigenvalue weighted by atomic mass is 9.99. The molecule has 1 atom stereocenters. The number of nitrogens with one attached hydrogen (secondary N) is 1. The molecule has 0 bridgehead atoms. The van der Waals surface area contributed by atoms with Crippen LogP contribution in [0.25, 0.3) is 0 Å². The van der Waals surface area contributed by atoms with Crippen LogP contribution in [0.3, 0.4) is 0 Å². The van der Waals surface area contributed by atoms with Gasteiger partial charge < -0.3 is 10.2 Å². The van der Waals surface area contributed by atoms with Crippen molar-refractivity contribution in [2.45, 2.75) is 46.6 Å². The number of rotatable bonds is 5. The quantitative estimate of drug-likeness (QED) is 0.785. The fourth-order valence-electron chi connectivity index (χ4n) is 4.24. The van der Waals surface area contributed by atoms with Gasteiger partial charge in [-0.1, -0.05) is 19.1 Å². The first-order valence-electron chi connectivity index (χ1n) is 10.7. The van der Waals surface area contributed by atoms with Crippen LogP contribution in [-0.2, 0) is 16.1 Å². The number of benzene rings is 1. The third kappa shape index (κ3) is 4.57. The minimum Gasteiger partial charge on any atom is -0.311 e. The van der Waals surface area contributed by atoms with Crippen molar-refractivity contribution in [1.82, 2.24) is 9.88 Å². The van der Waals surface area contributed by atoms with Crippen LogP contribution in [0.2, 0.25) is 0 Å². The highest BCUT2D eigenvalue weighted by Gasteiger charge is 2.36. The molecule has 1 N–H and O–H groups in total. The lowest BCUT2D eigenvalue weighted by Crippen LogP contribution is -2.32. The van der Waals surface area contributed by atoms with E-state index >= 15 is 0 Å². The summed E-state index contributed by atoms with van der Waals surface area (Å²) in [5, 5.41) is 5.59. The molecule has 1 aromatic carbocycles. The molecule has 4 rings (SSSR count). The Kier molecular flexibility index (Phi) is 6.20. The number of hydrogen-bond acceptors (Lipinski definition) is 5. The van der Waals surface area contributed by atoms with Gasteiger partial charge in [0.2, 0.25) is 11.8 Å². The number of likely N-dealkylation sites (tertiary alicyclic amines) is 1. The zero-order valence-electron chi connectivity index (χ0n) is 18.0. The fourth-order valence-corrected chi connectivity index (χ4v) is 4.94. The molecule has 2 aliphatic rings. The van der Waals surface area contributed by atoms with Gasteiger partial charge in [0.15, 0.2) is 5.13 Å². The molecule has 0 aliphatic carbocycles. The van der Waals surface area contributed by atoms with Crippen molar-refractivity contribution in [2.24, 2.45) is 11.8 Å². The summed E-state index contributed by atoms with van der Waals surface area (Å²) < 4.78 is 0. The summed E-state index contributed by atoms with van der Waals surface area (Å²) in [4.78, 5) is 34.2. The van der Waals surface area contributed by atoms with Crippen molar-refractivity contribution in [3.05, 3.63) is 40.4 Å². The second kappa shape index (κ2) is 8.86. The van der Waals surface area contributed by atoms with Crippen LogP contribution in [0.5, 0.6) is 0 Å². The van der Waals surface area contributed by atoms with E-state index in [1.165, 1.54) is 24.2 Å². The molecule has 3 heterocycles. The molecular formula is C23H30N4O2S. The average molecular weight is 427 g/mol. The summed E-state index contributed by atoms with van der Waals surface area (Å²) in [5.41, 5.74) is 4.14. The number of carbonyl (C=O) groups is 2. The van der Waals surface area contributed by atoms with Gasteiger partial charge in [0, 0.05) is 30.6 Å². The van der Waals surface area contributed by atoms with Crippen LogP contribution >= 0.6 is 11.3 Å². The Morgan fingerprint density at radius 1 is 1.27 bits per heavy atom. The first-order chi connectivity index (χ1) is 14.4. The van der Waals surface area contributed by atoms with Crippen molar-refractivity contribution in [3.8, 4) is 0 Å². The van der Waals surface area contributed by atoms with Gasteiger partial charge in [-0.25, -0.2) is 4.98 Å². The number of hydrogen-bond donors (Lipinski definition) is 1. The largest absolute Gasteiger partial charge is 0.311 e. The highest BCUT2D eigenvalue weighted by Crippen LogP contribution is 2.30. The normalized spacial score (nSPS) is 20.7. The topological polar surface area (TPSA) is 65.5 Å². The number of amides is 2. The van der Waals surface area contributed by atoms with E-state index in [1.54, 1.807) is 4.90 Å². The van der Waals surface area contributed by atoms with Crippen LogP contribution in [0.4, 0.5) is 10.8 Å². The third-order valence-electron chi connectivity index (χ3n) is 6.41. The van der Waals surface area contributed by atoms with E-state index in [2.05, 4.69) is 22.1 Å². The minimum atomic E-state index is -0.353. The molecular weight excluding hydrogens is 396 g/mol. The van der Waals surface area contributed by atoms with E-state index in [1.807, 2.05) is 37.4 Å². The summed E-state index contributed by atoms with van der Waals surface area (Å²) in [5.74, 6) is 0.337. The number of nitrogens with zero attached hydrogens (tertiary/aromatic N) is 3. The number of piperidine rings is 1. The average Bonchev–Trinajstić information content (AvgIpc) is 3.32. The first kappa shape index (κ1) is 21.0. The van der Waals surface area contributed by atoms with Crippen molar-refractivity contribution in [1.29, 1.82) is 0 Å². The summed E-state index contributed by atoms with van der Waals surface area (Å²) in [6.07, 6.45) is 2.71. The Morgan fingerprint density at radius 3 is 2.80 bits per heavy atom. The second-order valence-electron chi connectivity index (χ2n) is 8.72. The Balaban J connectivity index is 1.35. The maximum absolute atomic E-state index is 12.8. The van der Waals surface area contributed by atoms with E-state index in [-0.39, 0.29) is 24.2 Å². The van der Waals surface area contributed by atoms with Gasteiger partial charge in [0.1, 0.15) is 0 Å². The van der Waals surface area contributed by atoms with Crippen LogP contribution in [0.15, 0.2) is 23.6 Å². The molecule has 30 heavy (non-hydrogen) atoms. The van der Waals surface area contributed by atoms with E-state index in [0.29, 0.717) is 11.7 Å². The van der Waals surface area contributed by atoms with Crippen LogP contribution in [-0.4, -0.2) is 41.3 Å². The van der Waals surface area contributed by atoms with Gasteiger partial charge in [-0.05, 0) is 62.9 Å². The Bertz CT molecular complexity index is 933. The minimum absolute atomic E-state index is 0.00278. The smallest absolute Gasteiger partial charge is 0.231 e. The maximum atomic E-state index is 12.8. The Hall–Kier alpha value is -2.25. The molecule has 0 radical (unpaired) electrons. The number of thiazole rings is 1. The molecule has 1 aromatic heterocycles. The highest BCUT2D eigenvalue weighted by atomic mass is 32.1. The summed E-state index contributed by atoms with van der Waals surface area (Å²) in [6, 6.07) is 5.95. The maximum Gasteiger partial charge on any atom is 0.231 e. The SMILES string of the molecule is Cc1cccc(N2CC(C(=O)Nc3nc(CN4CCC(C)CC4)cs3)CC2=O)c1C. The summed E-state index contributed by atoms with van der Waals surface area (Å²) in [6.45, 7) is 9.83. The highest BCUT2D eigenvalue weighted by molar-refractivity contribution is 7.13. The summed E-state index contributed by atoms with van der Waals surface area (Å²) >= 11 is 1.46. The van der Waals surface area contributed by atoms with Crippen molar-refractivity contribution in [3.63, 3.8) is 0 Å².